The zero-order valence-electron chi connectivity index (χ0n) is 8.72. The quantitative estimate of drug-likeness (QED) is 0.632. The predicted octanol–water partition coefficient (Wildman–Crippen LogP) is 3.32. The zero-order valence-corrected chi connectivity index (χ0v) is 8.72. The van der Waals surface area contributed by atoms with Crippen molar-refractivity contribution in [3.8, 4) is 0 Å². The number of benzene rings is 1. The Morgan fingerprint density at radius 2 is 1.92 bits per heavy atom. The molecule has 0 unspecified atom stereocenters. The zero-order chi connectivity index (χ0) is 10.0. The molecule has 0 aliphatic carbocycles. The van der Waals surface area contributed by atoms with Crippen LogP contribution in [0.3, 0.4) is 0 Å². The van der Waals surface area contributed by atoms with Crippen LogP contribution >= 0.6 is 0 Å². The Hall–Kier alpha value is -1.11. The highest BCUT2D eigenvalue weighted by molar-refractivity contribution is 5.95. The molecule has 1 nitrogen and oxygen atoms in total. The molecule has 0 saturated carbocycles. The van der Waals surface area contributed by atoms with Crippen molar-refractivity contribution < 1.29 is 4.79 Å². The number of hydrogen-bond acceptors (Lipinski definition) is 1. The number of aryl methyl sites for hydroxylation is 1. The second-order valence-electron chi connectivity index (χ2n) is 3.79. The molecule has 0 fully saturated rings. The van der Waals surface area contributed by atoms with Gasteiger partial charge in [-0.1, -0.05) is 32.0 Å². The lowest BCUT2D eigenvalue weighted by molar-refractivity contribution is 0.101. The van der Waals surface area contributed by atoms with Gasteiger partial charge in [0.1, 0.15) is 0 Å². The Morgan fingerprint density at radius 1 is 1.31 bits per heavy atom. The first-order chi connectivity index (χ1) is 6.02. The molecule has 0 N–H and O–H groups in total. The Morgan fingerprint density at radius 3 is 2.31 bits per heavy atom. The molecule has 1 rings (SSSR count). The van der Waals surface area contributed by atoms with Gasteiger partial charge in [0.15, 0.2) is 5.78 Å². The van der Waals surface area contributed by atoms with E-state index in [1.165, 1.54) is 5.56 Å². The molecule has 0 atom stereocenters. The van der Waals surface area contributed by atoms with Crippen molar-refractivity contribution in [2.24, 2.45) is 0 Å². The van der Waals surface area contributed by atoms with E-state index in [0.717, 1.165) is 11.1 Å². The van der Waals surface area contributed by atoms with Crippen LogP contribution in [0.1, 0.15) is 48.2 Å². The van der Waals surface area contributed by atoms with Gasteiger partial charge in [0.25, 0.3) is 0 Å². The van der Waals surface area contributed by atoms with Crippen LogP contribution in [0.25, 0.3) is 0 Å². The summed E-state index contributed by atoms with van der Waals surface area (Å²) in [5.41, 5.74) is 3.21. The minimum atomic E-state index is 0.146. The van der Waals surface area contributed by atoms with Gasteiger partial charge in [0, 0.05) is 5.56 Å². The molecule has 0 aliphatic rings. The van der Waals surface area contributed by atoms with Crippen molar-refractivity contribution in [1.29, 1.82) is 0 Å². The highest BCUT2D eigenvalue weighted by Gasteiger charge is 2.05. The maximum Gasteiger partial charge on any atom is 0.160 e. The third-order valence-corrected chi connectivity index (χ3v) is 2.30. The minimum Gasteiger partial charge on any atom is -0.295 e. The van der Waals surface area contributed by atoms with Crippen molar-refractivity contribution in [2.45, 2.75) is 33.6 Å². The van der Waals surface area contributed by atoms with Gasteiger partial charge in [0.05, 0.1) is 0 Å². The van der Waals surface area contributed by atoms with E-state index in [-0.39, 0.29) is 5.78 Å². The lowest BCUT2D eigenvalue weighted by Gasteiger charge is -2.08. The summed E-state index contributed by atoms with van der Waals surface area (Å²) in [7, 11) is 0. The summed E-state index contributed by atoms with van der Waals surface area (Å²) >= 11 is 0. The first kappa shape index (κ1) is 9.97. The number of Topliss-reactive ketones (excluding diaryl/α,β-unsaturated/α-hetero) is 1. The van der Waals surface area contributed by atoms with Crippen LogP contribution in [0, 0.1) is 6.92 Å². The van der Waals surface area contributed by atoms with E-state index in [9.17, 15) is 4.79 Å². The van der Waals surface area contributed by atoms with Crippen LogP contribution in [0.5, 0.6) is 0 Å². The third kappa shape index (κ3) is 2.18. The van der Waals surface area contributed by atoms with Crippen LogP contribution in [0.2, 0.25) is 0 Å². The third-order valence-electron chi connectivity index (χ3n) is 2.30. The molecular formula is C12H16O. The maximum atomic E-state index is 11.1. The van der Waals surface area contributed by atoms with Gasteiger partial charge in [-0.25, -0.2) is 0 Å². The molecule has 0 aliphatic heterocycles. The largest absolute Gasteiger partial charge is 0.295 e. The lowest BCUT2D eigenvalue weighted by Crippen LogP contribution is -1.98. The summed E-state index contributed by atoms with van der Waals surface area (Å²) in [6.07, 6.45) is 0. The molecular weight excluding hydrogens is 160 g/mol. The Balaban J connectivity index is 3.13. The topological polar surface area (TPSA) is 17.1 Å². The van der Waals surface area contributed by atoms with Crippen molar-refractivity contribution >= 4 is 5.78 Å². The fourth-order valence-corrected chi connectivity index (χ4v) is 1.44. The molecule has 0 aromatic heterocycles. The summed E-state index contributed by atoms with van der Waals surface area (Å²) in [5, 5.41) is 0. The van der Waals surface area contributed by atoms with E-state index < -0.39 is 0 Å². The fourth-order valence-electron chi connectivity index (χ4n) is 1.44. The molecule has 70 valence electrons. The smallest absolute Gasteiger partial charge is 0.160 e. The second kappa shape index (κ2) is 3.73. The number of carbonyl (C=O) groups is 1. The van der Waals surface area contributed by atoms with E-state index in [2.05, 4.69) is 19.9 Å². The summed E-state index contributed by atoms with van der Waals surface area (Å²) in [6, 6.07) is 6.06. The van der Waals surface area contributed by atoms with Crippen LogP contribution in [-0.2, 0) is 0 Å². The van der Waals surface area contributed by atoms with E-state index in [1.807, 2.05) is 19.1 Å². The molecule has 0 bridgehead atoms. The summed E-state index contributed by atoms with van der Waals surface area (Å²) in [4.78, 5) is 11.1. The number of hydrogen-bond donors (Lipinski definition) is 0. The summed E-state index contributed by atoms with van der Waals surface area (Å²) in [6.45, 7) is 7.91. The number of ketones is 1. The molecule has 1 aromatic rings. The average molecular weight is 176 g/mol. The van der Waals surface area contributed by atoms with Crippen LogP contribution in [-0.4, -0.2) is 5.78 Å². The molecule has 0 saturated heterocycles. The van der Waals surface area contributed by atoms with Gasteiger partial charge < -0.3 is 0 Å². The van der Waals surface area contributed by atoms with Crippen LogP contribution in [0.15, 0.2) is 18.2 Å². The van der Waals surface area contributed by atoms with Crippen LogP contribution < -0.4 is 0 Å². The Kier molecular flexibility index (Phi) is 2.86. The van der Waals surface area contributed by atoms with Crippen molar-refractivity contribution in [2.75, 3.05) is 0 Å². The SMILES string of the molecule is CC(=O)c1ccc(C(C)C)cc1C. The van der Waals surface area contributed by atoms with Crippen LogP contribution in [0.4, 0.5) is 0 Å². The second-order valence-corrected chi connectivity index (χ2v) is 3.79. The summed E-state index contributed by atoms with van der Waals surface area (Å²) < 4.78 is 0. The fraction of sp³-hybridized carbons (Fsp3) is 0.417. The number of carbonyl (C=O) groups excluding carboxylic acids is 1. The van der Waals surface area contributed by atoms with Crippen molar-refractivity contribution in [1.82, 2.24) is 0 Å². The van der Waals surface area contributed by atoms with Gasteiger partial charge in [-0.3, -0.25) is 4.79 Å². The average Bonchev–Trinajstić information content (AvgIpc) is 2.03. The summed E-state index contributed by atoms with van der Waals surface area (Å²) in [5.74, 6) is 0.674. The van der Waals surface area contributed by atoms with Gasteiger partial charge in [0.2, 0.25) is 0 Å². The first-order valence-corrected chi connectivity index (χ1v) is 4.64. The number of rotatable bonds is 2. The Labute approximate surface area is 79.8 Å². The van der Waals surface area contributed by atoms with Gasteiger partial charge in [-0.2, -0.15) is 0 Å². The van der Waals surface area contributed by atoms with Crippen molar-refractivity contribution in [3.63, 3.8) is 0 Å². The highest BCUT2D eigenvalue weighted by atomic mass is 16.1. The predicted molar refractivity (Wildman–Crippen MR) is 55.3 cm³/mol. The standard InChI is InChI=1S/C12H16O/c1-8(2)11-5-6-12(10(4)13)9(3)7-11/h5-8H,1-4H3. The van der Waals surface area contributed by atoms with Gasteiger partial charge >= 0.3 is 0 Å². The van der Waals surface area contributed by atoms with Crippen molar-refractivity contribution in [3.05, 3.63) is 34.9 Å². The molecule has 0 amide bonds. The molecule has 1 heteroatoms. The molecule has 0 radical (unpaired) electrons. The molecule has 13 heavy (non-hydrogen) atoms. The monoisotopic (exact) mass is 176 g/mol. The van der Waals surface area contributed by atoms with Gasteiger partial charge in [-0.05, 0) is 30.9 Å². The van der Waals surface area contributed by atoms with Gasteiger partial charge in [-0.15, -0.1) is 0 Å². The minimum absolute atomic E-state index is 0.146. The maximum absolute atomic E-state index is 11.1. The first-order valence-electron chi connectivity index (χ1n) is 4.64. The van der Waals surface area contributed by atoms with E-state index >= 15 is 0 Å². The van der Waals surface area contributed by atoms with E-state index in [4.69, 9.17) is 0 Å². The highest BCUT2D eigenvalue weighted by Crippen LogP contribution is 2.18. The van der Waals surface area contributed by atoms with E-state index in [1.54, 1.807) is 6.92 Å². The van der Waals surface area contributed by atoms with E-state index in [0.29, 0.717) is 5.92 Å². The normalized spacial score (nSPS) is 10.5. The lowest BCUT2D eigenvalue weighted by atomic mass is 9.97. The molecule has 0 heterocycles. The Bertz CT molecular complexity index is 324. The molecule has 0 spiro atoms. The molecule has 1 aromatic carbocycles.